The summed E-state index contributed by atoms with van der Waals surface area (Å²) in [7, 11) is -2.19. The first-order valence-electron chi connectivity index (χ1n) is 6.14. The maximum atomic E-state index is 12.4. The molecule has 0 spiro atoms. The van der Waals surface area contributed by atoms with Crippen LogP contribution in [0.4, 0.5) is 13.2 Å². The van der Waals surface area contributed by atoms with Crippen LogP contribution in [0.15, 0.2) is 33.7 Å². The van der Waals surface area contributed by atoms with Crippen molar-refractivity contribution >= 4 is 10.0 Å². The fraction of sp³-hybridized carbons (Fsp3) is 0.333. The van der Waals surface area contributed by atoms with E-state index < -0.39 is 22.1 Å². The average Bonchev–Trinajstić information content (AvgIpc) is 2.96. The summed E-state index contributed by atoms with van der Waals surface area (Å²) in [5.41, 5.74) is 0.220. The van der Waals surface area contributed by atoms with E-state index in [0.29, 0.717) is 6.54 Å². The first-order chi connectivity index (χ1) is 10.2. The quantitative estimate of drug-likeness (QED) is 0.857. The molecule has 10 heteroatoms. The normalized spacial score (nSPS) is 12.8. The van der Waals surface area contributed by atoms with Crippen LogP contribution in [-0.2, 0) is 16.2 Å². The molecule has 0 N–H and O–H groups in total. The molecule has 0 fully saturated rings. The summed E-state index contributed by atoms with van der Waals surface area (Å²) in [6.07, 6.45) is -4.72. The smallest absolute Gasteiger partial charge is 0.329 e. The summed E-state index contributed by atoms with van der Waals surface area (Å²) >= 11 is 0. The topological polar surface area (TPSA) is 76.3 Å². The standard InChI is InChI=1S/C12H12F3N3O3S/c1-3-18(2)22(19,20)9-6-4-8(5-7-9)10-16-11(21-17-10)12(13,14)15/h4-7H,3H2,1-2H3. The van der Waals surface area contributed by atoms with Gasteiger partial charge in [-0.15, -0.1) is 0 Å². The minimum atomic E-state index is -4.72. The van der Waals surface area contributed by atoms with Crippen molar-refractivity contribution in [3.05, 3.63) is 30.2 Å². The molecule has 0 aliphatic heterocycles. The molecule has 0 aliphatic carbocycles. The van der Waals surface area contributed by atoms with E-state index in [1.807, 2.05) is 0 Å². The Bertz CT molecular complexity index is 754. The molecule has 0 atom stereocenters. The van der Waals surface area contributed by atoms with E-state index in [-0.39, 0.29) is 16.3 Å². The van der Waals surface area contributed by atoms with E-state index in [0.717, 1.165) is 4.31 Å². The highest BCUT2D eigenvalue weighted by molar-refractivity contribution is 7.89. The molecule has 2 aromatic rings. The third-order valence-electron chi connectivity index (χ3n) is 2.93. The Morgan fingerprint density at radius 3 is 2.27 bits per heavy atom. The maximum absolute atomic E-state index is 12.4. The second kappa shape index (κ2) is 5.69. The highest BCUT2D eigenvalue weighted by Crippen LogP contribution is 2.29. The molecule has 0 amide bonds. The van der Waals surface area contributed by atoms with Crippen LogP contribution in [-0.4, -0.2) is 36.5 Å². The van der Waals surface area contributed by atoms with E-state index in [4.69, 9.17) is 0 Å². The largest absolute Gasteiger partial charge is 0.471 e. The molecule has 0 unspecified atom stereocenters. The molecule has 22 heavy (non-hydrogen) atoms. The number of sulfonamides is 1. The molecule has 0 saturated heterocycles. The van der Waals surface area contributed by atoms with Crippen molar-refractivity contribution in [2.45, 2.75) is 18.0 Å². The number of nitrogens with zero attached hydrogens (tertiary/aromatic N) is 3. The van der Waals surface area contributed by atoms with Crippen molar-refractivity contribution in [2.75, 3.05) is 13.6 Å². The predicted molar refractivity (Wildman–Crippen MR) is 70.2 cm³/mol. The Labute approximate surface area is 124 Å². The van der Waals surface area contributed by atoms with Crippen LogP contribution in [0.25, 0.3) is 11.4 Å². The highest BCUT2D eigenvalue weighted by Gasteiger charge is 2.38. The lowest BCUT2D eigenvalue weighted by Crippen LogP contribution is -2.26. The number of rotatable bonds is 4. The highest BCUT2D eigenvalue weighted by atomic mass is 32.2. The van der Waals surface area contributed by atoms with Crippen LogP contribution in [0.1, 0.15) is 12.8 Å². The number of hydrogen-bond acceptors (Lipinski definition) is 5. The first-order valence-corrected chi connectivity index (χ1v) is 7.58. The molecule has 0 saturated carbocycles. The third-order valence-corrected chi connectivity index (χ3v) is 4.88. The lowest BCUT2D eigenvalue weighted by atomic mass is 10.2. The molecule has 1 aromatic heterocycles. The van der Waals surface area contributed by atoms with Gasteiger partial charge in [0.15, 0.2) is 0 Å². The third kappa shape index (κ3) is 3.12. The van der Waals surface area contributed by atoms with Gasteiger partial charge in [0, 0.05) is 19.2 Å². The van der Waals surface area contributed by atoms with Crippen molar-refractivity contribution in [2.24, 2.45) is 0 Å². The van der Waals surface area contributed by atoms with Gasteiger partial charge in [-0.3, -0.25) is 0 Å². The molecule has 2 rings (SSSR count). The van der Waals surface area contributed by atoms with Crippen LogP contribution in [0.5, 0.6) is 0 Å². The molecular formula is C12H12F3N3O3S. The summed E-state index contributed by atoms with van der Waals surface area (Å²) in [5.74, 6) is -1.72. The number of aromatic nitrogens is 2. The van der Waals surface area contributed by atoms with Crippen molar-refractivity contribution in [1.82, 2.24) is 14.4 Å². The molecule has 0 bridgehead atoms. The molecule has 0 aliphatic rings. The van der Waals surface area contributed by atoms with Gasteiger partial charge in [0.2, 0.25) is 15.8 Å². The Morgan fingerprint density at radius 2 is 1.82 bits per heavy atom. The van der Waals surface area contributed by atoms with Crippen LogP contribution in [0.2, 0.25) is 0 Å². The second-order valence-electron chi connectivity index (χ2n) is 4.36. The minimum Gasteiger partial charge on any atom is -0.329 e. The van der Waals surface area contributed by atoms with Crippen LogP contribution < -0.4 is 0 Å². The van der Waals surface area contributed by atoms with Crippen molar-refractivity contribution in [1.29, 1.82) is 0 Å². The Kier molecular flexibility index (Phi) is 4.25. The van der Waals surface area contributed by atoms with E-state index >= 15 is 0 Å². The molecule has 120 valence electrons. The second-order valence-corrected chi connectivity index (χ2v) is 6.41. The monoisotopic (exact) mass is 335 g/mol. The summed E-state index contributed by atoms with van der Waals surface area (Å²) in [6, 6.07) is 5.20. The Hall–Kier alpha value is -1.94. The lowest BCUT2D eigenvalue weighted by Gasteiger charge is -2.14. The van der Waals surface area contributed by atoms with Gasteiger partial charge in [0.25, 0.3) is 0 Å². The zero-order valence-corrected chi connectivity index (χ0v) is 12.4. The SMILES string of the molecule is CCN(C)S(=O)(=O)c1ccc(-c2noc(C(F)(F)F)n2)cc1. The fourth-order valence-electron chi connectivity index (χ4n) is 1.58. The van der Waals surface area contributed by atoms with Gasteiger partial charge in [0.1, 0.15) is 0 Å². The van der Waals surface area contributed by atoms with Crippen LogP contribution in [0.3, 0.4) is 0 Å². The van der Waals surface area contributed by atoms with Gasteiger partial charge in [0.05, 0.1) is 4.90 Å². The van der Waals surface area contributed by atoms with Gasteiger partial charge in [-0.05, 0) is 24.3 Å². The molecular weight excluding hydrogens is 323 g/mol. The molecule has 1 aromatic carbocycles. The average molecular weight is 335 g/mol. The summed E-state index contributed by atoms with van der Waals surface area (Å²) in [5, 5.41) is 3.23. The number of benzene rings is 1. The number of hydrogen-bond donors (Lipinski definition) is 0. The molecule has 6 nitrogen and oxygen atoms in total. The summed E-state index contributed by atoms with van der Waals surface area (Å²) < 4.78 is 66.6. The van der Waals surface area contributed by atoms with E-state index in [1.54, 1.807) is 6.92 Å². The maximum Gasteiger partial charge on any atom is 0.471 e. The fourth-order valence-corrected chi connectivity index (χ4v) is 2.76. The number of alkyl halides is 3. The van der Waals surface area contributed by atoms with Crippen LogP contribution in [0, 0.1) is 0 Å². The van der Waals surface area contributed by atoms with Gasteiger partial charge in [-0.2, -0.15) is 18.2 Å². The Morgan fingerprint density at radius 1 is 1.23 bits per heavy atom. The van der Waals surface area contributed by atoms with Crippen LogP contribution >= 0.6 is 0 Å². The van der Waals surface area contributed by atoms with Crippen molar-refractivity contribution in [3.63, 3.8) is 0 Å². The number of halogens is 3. The van der Waals surface area contributed by atoms with Crippen molar-refractivity contribution < 1.29 is 26.1 Å². The molecule has 0 radical (unpaired) electrons. The summed E-state index contributed by atoms with van der Waals surface area (Å²) in [6.45, 7) is 1.98. The van der Waals surface area contributed by atoms with Gasteiger partial charge >= 0.3 is 12.1 Å². The Balaban J connectivity index is 2.32. The van der Waals surface area contributed by atoms with Gasteiger partial charge in [-0.25, -0.2) is 12.7 Å². The zero-order chi connectivity index (χ0) is 16.5. The predicted octanol–water partition coefficient (Wildman–Crippen LogP) is 2.40. The minimum absolute atomic E-state index is 0.0279. The van der Waals surface area contributed by atoms with E-state index in [1.165, 1.54) is 31.3 Å². The van der Waals surface area contributed by atoms with E-state index in [9.17, 15) is 21.6 Å². The zero-order valence-electron chi connectivity index (χ0n) is 11.6. The summed E-state index contributed by atoms with van der Waals surface area (Å²) in [4.78, 5) is 3.26. The van der Waals surface area contributed by atoms with Gasteiger partial charge < -0.3 is 4.52 Å². The first kappa shape index (κ1) is 16.4. The van der Waals surface area contributed by atoms with Gasteiger partial charge in [-0.1, -0.05) is 12.1 Å². The molecule has 1 heterocycles. The van der Waals surface area contributed by atoms with Crippen molar-refractivity contribution in [3.8, 4) is 11.4 Å². The van der Waals surface area contributed by atoms with E-state index in [2.05, 4.69) is 14.7 Å². The lowest BCUT2D eigenvalue weighted by molar-refractivity contribution is -0.159.